The van der Waals surface area contributed by atoms with E-state index in [2.05, 4.69) is 43.1 Å². The van der Waals surface area contributed by atoms with Gasteiger partial charge in [0.15, 0.2) is 0 Å². The minimum Gasteiger partial charge on any atom is -0.490 e. The van der Waals surface area contributed by atoms with Gasteiger partial charge in [0.25, 0.3) is 0 Å². The molecule has 0 aromatic heterocycles. The molecule has 0 saturated carbocycles. The Kier molecular flexibility index (Phi) is 7.10. The third kappa shape index (κ3) is 5.35. The predicted molar refractivity (Wildman–Crippen MR) is 98.7 cm³/mol. The van der Waals surface area contributed by atoms with Gasteiger partial charge in [0.2, 0.25) is 0 Å². The molecule has 128 valence electrons. The van der Waals surface area contributed by atoms with E-state index in [0.29, 0.717) is 6.10 Å². The van der Waals surface area contributed by atoms with Gasteiger partial charge in [-0.05, 0) is 68.5 Å². The van der Waals surface area contributed by atoms with Crippen LogP contribution in [0.5, 0.6) is 5.75 Å². The van der Waals surface area contributed by atoms with Crippen LogP contribution in [-0.4, -0.2) is 43.4 Å². The Labute approximate surface area is 141 Å². The highest BCUT2D eigenvalue weighted by Crippen LogP contribution is 2.22. The summed E-state index contributed by atoms with van der Waals surface area (Å²) in [6.07, 6.45) is 4.99. The Morgan fingerprint density at radius 1 is 1.04 bits per heavy atom. The van der Waals surface area contributed by atoms with Crippen LogP contribution in [0.15, 0.2) is 29.3 Å². The van der Waals surface area contributed by atoms with E-state index < -0.39 is 0 Å². The van der Waals surface area contributed by atoms with Crippen molar-refractivity contribution in [1.82, 2.24) is 4.90 Å². The number of ether oxygens (including phenoxy) is 1. The molecule has 0 aliphatic carbocycles. The van der Waals surface area contributed by atoms with Gasteiger partial charge >= 0.3 is 0 Å². The van der Waals surface area contributed by atoms with Crippen molar-refractivity contribution in [1.29, 1.82) is 0 Å². The van der Waals surface area contributed by atoms with E-state index in [1.165, 1.54) is 17.7 Å². The lowest BCUT2D eigenvalue weighted by molar-refractivity contribution is 0.114. The Bertz CT molecular complexity index is 487. The van der Waals surface area contributed by atoms with Crippen molar-refractivity contribution in [3.05, 3.63) is 29.8 Å². The molecule has 1 unspecified atom stereocenters. The molecular weight excluding hydrogens is 284 g/mol. The van der Waals surface area contributed by atoms with E-state index in [9.17, 15) is 0 Å². The number of aliphatic imine (C=N–C) groups is 1. The van der Waals surface area contributed by atoms with E-state index in [1.54, 1.807) is 0 Å². The number of likely N-dealkylation sites (tertiary alicyclic amines) is 1. The zero-order valence-electron chi connectivity index (χ0n) is 15.2. The van der Waals surface area contributed by atoms with Crippen LogP contribution in [-0.2, 0) is 0 Å². The van der Waals surface area contributed by atoms with Gasteiger partial charge in [-0.25, -0.2) is 0 Å². The monoisotopic (exact) mass is 316 g/mol. The number of piperidine rings is 1. The third-order valence-electron chi connectivity index (χ3n) is 4.62. The molecule has 0 amide bonds. The molecule has 2 heterocycles. The first-order valence-electron chi connectivity index (χ1n) is 9.19. The fourth-order valence-electron chi connectivity index (χ4n) is 3.08. The Morgan fingerprint density at radius 2 is 1.70 bits per heavy atom. The highest BCUT2D eigenvalue weighted by molar-refractivity contribution is 6.01. The van der Waals surface area contributed by atoms with E-state index >= 15 is 0 Å². The van der Waals surface area contributed by atoms with Crippen LogP contribution in [0.4, 0.5) is 0 Å². The lowest BCUT2D eigenvalue weighted by atomic mass is 9.96. The fraction of sp³-hybridized carbons (Fsp3) is 0.650. The van der Waals surface area contributed by atoms with Crippen molar-refractivity contribution in [2.75, 3.05) is 26.7 Å². The molecule has 2 aliphatic rings. The molecule has 0 N–H and O–H groups in total. The van der Waals surface area contributed by atoms with Crippen LogP contribution < -0.4 is 4.74 Å². The second-order valence-electron chi connectivity index (χ2n) is 6.58. The van der Waals surface area contributed by atoms with Crippen LogP contribution in [0, 0.1) is 5.92 Å². The average molecular weight is 316 g/mol. The molecule has 23 heavy (non-hydrogen) atoms. The van der Waals surface area contributed by atoms with Crippen LogP contribution in [0.3, 0.4) is 0 Å². The molecule has 3 rings (SSSR count). The van der Waals surface area contributed by atoms with E-state index in [-0.39, 0.29) is 0 Å². The van der Waals surface area contributed by atoms with Crippen molar-refractivity contribution in [2.24, 2.45) is 10.9 Å². The molecule has 1 saturated heterocycles. The molecular formula is C20H32N2O. The number of hydrogen-bond donors (Lipinski definition) is 0. The van der Waals surface area contributed by atoms with Crippen LogP contribution in [0.2, 0.25) is 0 Å². The van der Waals surface area contributed by atoms with Crippen molar-refractivity contribution < 1.29 is 4.74 Å². The van der Waals surface area contributed by atoms with E-state index in [1.807, 2.05) is 13.8 Å². The quantitative estimate of drug-likeness (QED) is 0.825. The Balaban J connectivity index is 0.000000924. The number of nitrogens with zero attached hydrogens (tertiary/aromatic N) is 2. The summed E-state index contributed by atoms with van der Waals surface area (Å²) in [5.41, 5.74) is 2.52. The molecule has 1 fully saturated rings. The maximum absolute atomic E-state index is 6.10. The first-order chi connectivity index (χ1) is 11.2. The number of hydrogen-bond acceptors (Lipinski definition) is 3. The molecule has 3 nitrogen and oxygen atoms in total. The van der Waals surface area contributed by atoms with Crippen molar-refractivity contribution in [3.63, 3.8) is 0 Å². The topological polar surface area (TPSA) is 24.8 Å². The van der Waals surface area contributed by atoms with Gasteiger partial charge in [0.1, 0.15) is 11.9 Å². The number of rotatable bonds is 3. The van der Waals surface area contributed by atoms with Crippen LogP contribution >= 0.6 is 0 Å². The molecule has 1 atom stereocenters. The van der Waals surface area contributed by atoms with Gasteiger partial charge in [-0.2, -0.15) is 0 Å². The van der Waals surface area contributed by atoms with Gasteiger partial charge in [-0.3, -0.25) is 4.99 Å². The summed E-state index contributed by atoms with van der Waals surface area (Å²) in [5.74, 6) is 1.74. The maximum atomic E-state index is 6.10. The summed E-state index contributed by atoms with van der Waals surface area (Å²) in [4.78, 5) is 7.07. The highest BCUT2D eigenvalue weighted by atomic mass is 16.5. The van der Waals surface area contributed by atoms with Gasteiger partial charge in [0.05, 0.1) is 0 Å². The molecule has 1 aromatic rings. The second kappa shape index (κ2) is 9.07. The highest BCUT2D eigenvalue weighted by Gasteiger charge is 2.18. The first kappa shape index (κ1) is 18.0. The Hall–Kier alpha value is -1.35. The van der Waals surface area contributed by atoms with E-state index in [0.717, 1.165) is 50.6 Å². The summed E-state index contributed by atoms with van der Waals surface area (Å²) in [6.45, 7) is 9.53. The molecule has 1 aromatic carbocycles. The normalized spacial score (nSPS) is 22.8. The largest absolute Gasteiger partial charge is 0.490 e. The minimum atomic E-state index is 0.375. The van der Waals surface area contributed by atoms with Gasteiger partial charge in [0, 0.05) is 25.3 Å². The standard InChI is InChI=1S/C18H26N2O.C2H6/c1-14-3-8-18(19-13-14)15-4-6-16(7-5-15)21-17-9-11-20(2)12-10-17;1-2/h4-7,14,17H,3,8-13H2,1-2H3;1-2H3. The van der Waals surface area contributed by atoms with E-state index in [4.69, 9.17) is 9.73 Å². The third-order valence-corrected chi connectivity index (χ3v) is 4.62. The van der Waals surface area contributed by atoms with Crippen molar-refractivity contribution in [3.8, 4) is 5.75 Å². The molecule has 0 bridgehead atoms. The van der Waals surface area contributed by atoms with Crippen molar-refractivity contribution >= 4 is 5.71 Å². The molecule has 3 heteroatoms. The maximum Gasteiger partial charge on any atom is 0.119 e. The summed E-state index contributed by atoms with van der Waals surface area (Å²) in [7, 11) is 2.18. The van der Waals surface area contributed by atoms with Gasteiger partial charge in [-0.15, -0.1) is 0 Å². The first-order valence-corrected chi connectivity index (χ1v) is 9.19. The molecule has 0 radical (unpaired) electrons. The van der Waals surface area contributed by atoms with Gasteiger partial charge < -0.3 is 9.64 Å². The fourth-order valence-corrected chi connectivity index (χ4v) is 3.08. The van der Waals surface area contributed by atoms with Crippen LogP contribution in [0.1, 0.15) is 52.0 Å². The zero-order chi connectivity index (χ0) is 16.7. The molecule has 0 spiro atoms. The summed E-state index contributed by atoms with van der Waals surface area (Å²) in [6, 6.07) is 8.54. The average Bonchev–Trinajstić information content (AvgIpc) is 2.60. The van der Waals surface area contributed by atoms with Gasteiger partial charge in [-0.1, -0.05) is 20.8 Å². The van der Waals surface area contributed by atoms with Crippen LogP contribution in [0.25, 0.3) is 0 Å². The Morgan fingerprint density at radius 3 is 2.26 bits per heavy atom. The summed E-state index contributed by atoms with van der Waals surface area (Å²) in [5, 5.41) is 0. The minimum absolute atomic E-state index is 0.375. The zero-order valence-corrected chi connectivity index (χ0v) is 15.2. The lowest BCUT2D eigenvalue weighted by Crippen LogP contribution is -2.35. The molecule has 2 aliphatic heterocycles. The number of benzene rings is 1. The second-order valence-corrected chi connectivity index (χ2v) is 6.58. The smallest absolute Gasteiger partial charge is 0.119 e. The SMILES string of the molecule is CC.CC1CCC(c2ccc(OC3CCN(C)CC3)cc2)=NC1. The lowest BCUT2D eigenvalue weighted by Gasteiger charge is -2.29. The predicted octanol–water partition coefficient (Wildman–Crippen LogP) is 4.40. The summed E-state index contributed by atoms with van der Waals surface area (Å²) < 4.78 is 6.10. The van der Waals surface area contributed by atoms with Crippen molar-refractivity contribution in [2.45, 2.75) is 52.6 Å². The summed E-state index contributed by atoms with van der Waals surface area (Å²) >= 11 is 0.